The molecule has 0 aliphatic heterocycles. The van der Waals surface area contributed by atoms with Gasteiger partial charge in [0.25, 0.3) is 0 Å². The first kappa shape index (κ1) is 14.6. The number of anilines is 2. The third kappa shape index (κ3) is 3.02. The SMILES string of the molecule is CCN(c1ccccc1C)c1ccc(C)cc1CNC. The first-order chi connectivity index (χ1) is 9.67. The first-order valence-corrected chi connectivity index (χ1v) is 7.24. The number of aryl methyl sites for hydroxylation is 2. The number of rotatable bonds is 5. The minimum Gasteiger partial charge on any atom is -0.341 e. The Morgan fingerprint density at radius 3 is 2.40 bits per heavy atom. The zero-order valence-electron chi connectivity index (χ0n) is 12.9. The Morgan fingerprint density at radius 1 is 1.00 bits per heavy atom. The highest BCUT2D eigenvalue weighted by molar-refractivity contribution is 5.69. The molecule has 0 bridgehead atoms. The lowest BCUT2D eigenvalue weighted by molar-refractivity contribution is 0.811. The van der Waals surface area contributed by atoms with Crippen molar-refractivity contribution in [3.05, 3.63) is 59.2 Å². The Hall–Kier alpha value is -1.80. The standard InChI is InChI=1S/C18H24N2/c1-5-20(17-9-7-6-8-15(17)3)18-11-10-14(2)12-16(18)13-19-4/h6-12,19H,5,13H2,1-4H3. The van der Waals surface area contributed by atoms with Crippen LogP contribution in [0.4, 0.5) is 11.4 Å². The molecule has 0 amide bonds. The van der Waals surface area contributed by atoms with Crippen molar-refractivity contribution in [1.29, 1.82) is 0 Å². The van der Waals surface area contributed by atoms with Gasteiger partial charge in [0.05, 0.1) is 0 Å². The lowest BCUT2D eigenvalue weighted by Crippen LogP contribution is -2.20. The topological polar surface area (TPSA) is 15.3 Å². The summed E-state index contributed by atoms with van der Waals surface area (Å²) in [6.07, 6.45) is 0. The number of hydrogen-bond acceptors (Lipinski definition) is 2. The zero-order valence-corrected chi connectivity index (χ0v) is 12.9. The summed E-state index contributed by atoms with van der Waals surface area (Å²) in [5.74, 6) is 0. The van der Waals surface area contributed by atoms with Gasteiger partial charge in [0.1, 0.15) is 0 Å². The van der Waals surface area contributed by atoms with Crippen molar-refractivity contribution in [2.45, 2.75) is 27.3 Å². The second-order valence-electron chi connectivity index (χ2n) is 5.19. The molecule has 2 aromatic rings. The van der Waals surface area contributed by atoms with Crippen molar-refractivity contribution in [3.63, 3.8) is 0 Å². The molecule has 0 radical (unpaired) electrons. The molecule has 2 heteroatoms. The zero-order chi connectivity index (χ0) is 14.5. The van der Waals surface area contributed by atoms with Gasteiger partial charge in [0, 0.05) is 24.5 Å². The normalized spacial score (nSPS) is 10.6. The van der Waals surface area contributed by atoms with Gasteiger partial charge in [-0.1, -0.05) is 35.9 Å². The van der Waals surface area contributed by atoms with Crippen LogP contribution in [-0.4, -0.2) is 13.6 Å². The highest BCUT2D eigenvalue weighted by Gasteiger charge is 2.13. The number of nitrogens with one attached hydrogen (secondary N) is 1. The Balaban J connectivity index is 2.49. The summed E-state index contributed by atoms with van der Waals surface area (Å²) in [6, 6.07) is 15.3. The van der Waals surface area contributed by atoms with Crippen LogP contribution in [0.2, 0.25) is 0 Å². The predicted octanol–water partition coefficient (Wildman–Crippen LogP) is 4.18. The average Bonchev–Trinajstić information content (AvgIpc) is 2.44. The van der Waals surface area contributed by atoms with Gasteiger partial charge in [0.2, 0.25) is 0 Å². The number of hydrogen-bond donors (Lipinski definition) is 1. The van der Waals surface area contributed by atoms with E-state index in [0.29, 0.717) is 0 Å². The molecule has 2 aromatic carbocycles. The van der Waals surface area contributed by atoms with Gasteiger partial charge in [-0.25, -0.2) is 0 Å². The average molecular weight is 268 g/mol. The Bertz CT molecular complexity index is 575. The van der Waals surface area contributed by atoms with Crippen molar-refractivity contribution < 1.29 is 0 Å². The van der Waals surface area contributed by atoms with Crippen LogP contribution in [0.25, 0.3) is 0 Å². The molecule has 106 valence electrons. The van der Waals surface area contributed by atoms with Gasteiger partial charge >= 0.3 is 0 Å². The van der Waals surface area contributed by atoms with E-state index >= 15 is 0 Å². The second-order valence-corrected chi connectivity index (χ2v) is 5.19. The second kappa shape index (κ2) is 6.58. The molecule has 0 aromatic heterocycles. The van der Waals surface area contributed by atoms with Gasteiger partial charge in [-0.2, -0.15) is 0 Å². The van der Waals surface area contributed by atoms with Gasteiger partial charge < -0.3 is 10.2 Å². The molecule has 2 nitrogen and oxygen atoms in total. The Labute approximate surface area is 122 Å². The summed E-state index contributed by atoms with van der Waals surface area (Å²) in [5.41, 5.74) is 6.54. The number of benzene rings is 2. The molecule has 2 rings (SSSR count). The summed E-state index contributed by atoms with van der Waals surface area (Å²) < 4.78 is 0. The van der Waals surface area contributed by atoms with E-state index in [1.807, 2.05) is 7.05 Å². The van der Waals surface area contributed by atoms with E-state index in [4.69, 9.17) is 0 Å². The van der Waals surface area contributed by atoms with Crippen molar-refractivity contribution in [3.8, 4) is 0 Å². The first-order valence-electron chi connectivity index (χ1n) is 7.24. The maximum atomic E-state index is 3.27. The maximum Gasteiger partial charge on any atom is 0.0456 e. The van der Waals surface area contributed by atoms with E-state index in [9.17, 15) is 0 Å². The summed E-state index contributed by atoms with van der Waals surface area (Å²) in [4.78, 5) is 2.39. The van der Waals surface area contributed by atoms with Crippen LogP contribution < -0.4 is 10.2 Å². The smallest absolute Gasteiger partial charge is 0.0456 e. The molecule has 0 aliphatic carbocycles. The summed E-state index contributed by atoms with van der Waals surface area (Å²) in [7, 11) is 2.00. The lowest BCUT2D eigenvalue weighted by atomic mass is 10.1. The van der Waals surface area contributed by atoms with Gasteiger partial charge in [-0.3, -0.25) is 0 Å². The molecular formula is C18H24N2. The molecule has 0 saturated carbocycles. The van der Waals surface area contributed by atoms with Crippen LogP contribution in [0.3, 0.4) is 0 Å². The van der Waals surface area contributed by atoms with E-state index in [2.05, 4.69) is 73.5 Å². The molecule has 0 atom stereocenters. The largest absolute Gasteiger partial charge is 0.341 e. The van der Waals surface area contributed by atoms with Crippen LogP contribution in [-0.2, 0) is 6.54 Å². The minimum atomic E-state index is 0.888. The van der Waals surface area contributed by atoms with Crippen molar-refractivity contribution >= 4 is 11.4 Å². The predicted molar refractivity (Wildman–Crippen MR) is 87.8 cm³/mol. The van der Waals surface area contributed by atoms with Crippen molar-refractivity contribution in [1.82, 2.24) is 5.32 Å². The number of para-hydroxylation sites is 1. The Kier molecular flexibility index (Phi) is 4.80. The molecule has 0 spiro atoms. The van der Waals surface area contributed by atoms with Crippen LogP contribution in [0.1, 0.15) is 23.6 Å². The third-order valence-corrected chi connectivity index (χ3v) is 3.62. The van der Waals surface area contributed by atoms with Crippen molar-refractivity contribution in [2.24, 2.45) is 0 Å². The molecule has 0 fully saturated rings. The molecule has 0 saturated heterocycles. The molecule has 20 heavy (non-hydrogen) atoms. The van der Waals surface area contributed by atoms with Gasteiger partial charge in [0.15, 0.2) is 0 Å². The highest BCUT2D eigenvalue weighted by Crippen LogP contribution is 2.31. The molecular weight excluding hydrogens is 244 g/mol. The van der Waals surface area contributed by atoms with E-state index in [1.54, 1.807) is 0 Å². The summed E-state index contributed by atoms with van der Waals surface area (Å²) >= 11 is 0. The summed E-state index contributed by atoms with van der Waals surface area (Å²) in [6.45, 7) is 8.37. The highest BCUT2D eigenvalue weighted by atomic mass is 15.1. The summed E-state index contributed by atoms with van der Waals surface area (Å²) in [5, 5.41) is 3.27. The fourth-order valence-corrected chi connectivity index (χ4v) is 2.65. The van der Waals surface area contributed by atoms with E-state index in [0.717, 1.165) is 13.1 Å². The molecule has 0 heterocycles. The van der Waals surface area contributed by atoms with E-state index in [1.165, 1.54) is 28.1 Å². The van der Waals surface area contributed by atoms with Crippen LogP contribution >= 0.6 is 0 Å². The molecule has 0 unspecified atom stereocenters. The fraction of sp³-hybridized carbons (Fsp3) is 0.333. The van der Waals surface area contributed by atoms with Gasteiger partial charge in [-0.05, 0) is 51.1 Å². The molecule has 1 N–H and O–H groups in total. The van der Waals surface area contributed by atoms with E-state index < -0.39 is 0 Å². The third-order valence-electron chi connectivity index (χ3n) is 3.62. The van der Waals surface area contributed by atoms with Crippen LogP contribution in [0, 0.1) is 13.8 Å². The van der Waals surface area contributed by atoms with E-state index in [-0.39, 0.29) is 0 Å². The van der Waals surface area contributed by atoms with Crippen LogP contribution in [0.5, 0.6) is 0 Å². The lowest BCUT2D eigenvalue weighted by Gasteiger charge is -2.27. The van der Waals surface area contributed by atoms with Gasteiger partial charge in [-0.15, -0.1) is 0 Å². The van der Waals surface area contributed by atoms with Crippen LogP contribution in [0.15, 0.2) is 42.5 Å². The quantitative estimate of drug-likeness (QED) is 0.875. The molecule has 0 aliphatic rings. The fourth-order valence-electron chi connectivity index (χ4n) is 2.65. The number of nitrogens with zero attached hydrogens (tertiary/aromatic N) is 1. The van der Waals surface area contributed by atoms with Crippen molar-refractivity contribution in [2.75, 3.05) is 18.5 Å². The Morgan fingerprint density at radius 2 is 1.75 bits per heavy atom. The monoisotopic (exact) mass is 268 g/mol. The maximum absolute atomic E-state index is 3.27. The minimum absolute atomic E-state index is 0.888.